The zero-order valence-corrected chi connectivity index (χ0v) is 16.8. The highest BCUT2D eigenvalue weighted by Crippen LogP contribution is 2.21. The first-order valence-corrected chi connectivity index (χ1v) is 9.91. The summed E-state index contributed by atoms with van der Waals surface area (Å²) in [5, 5.41) is 11.4. The number of carbonyl (C=O) groups is 1. The number of amides is 1. The zero-order chi connectivity index (χ0) is 20.8. The van der Waals surface area contributed by atoms with Crippen LogP contribution in [0.1, 0.15) is 18.3 Å². The molecule has 9 heteroatoms. The van der Waals surface area contributed by atoms with Crippen LogP contribution in [0, 0.1) is 11.6 Å². The molecule has 1 amide bonds. The third-order valence-electron chi connectivity index (χ3n) is 4.17. The summed E-state index contributed by atoms with van der Waals surface area (Å²) in [6, 6.07) is 10.7. The molecule has 0 saturated heterocycles. The predicted octanol–water partition coefficient (Wildman–Crippen LogP) is 3.91. The lowest BCUT2D eigenvalue weighted by atomic mass is 10.1. The fourth-order valence-corrected chi connectivity index (χ4v) is 3.53. The van der Waals surface area contributed by atoms with Gasteiger partial charge in [-0.05, 0) is 36.8 Å². The lowest BCUT2D eigenvalue weighted by molar-refractivity contribution is -0.113. The maximum Gasteiger partial charge on any atom is 0.234 e. The molecule has 2 aromatic carbocycles. The Labute approximate surface area is 171 Å². The second-order valence-electron chi connectivity index (χ2n) is 6.13. The Morgan fingerprint density at radius 1 is 1.17 bits per heavy atom. The van der Waals surface area contributed by atoms with Crippen molar-refractivity contribution in [3.8, 4) is 5.75 Å². The van der Waals surface area contributed by atoms with Crippen molar-refractivity contribution in [3.05, 3.63) is 65.5 Å². The van der Waals surface area contributed by atoms with E-state index in [0.29, 0.717) is 18.1 Å². The summed E-state index contributed by atoms with van der Waals surface area (Å²) in [6.07, 6.45) is 0.596. The van der Waals surface area contributed by atoms with Gasteiger partial charge in [0, 0.05) is 19.0 Å². The number of carbonyl (C=O) groups excluding carboxylic acids is 1. The van der Waals surface area contributed by atoms with E-state index in [4.69, 9.17) is 4.74 Å². The molecule has 0 aliphatic rings. The first-order valence-electron chi connectivity index (χ1n) is 8.93. The molecule has 0 spiro atoms. The average molecular weight is 418 g/mol. The van der Waals surface area contributed by atoms with Crippen molar-refractivity contribution >= 4 is 23.4 Å². The highest BCUT2D eigenvalue weighted by Gasteiger charge is 2.15. The molecule has 1 heterocycles. The number of nitrogens with zero attached hydrogens (tertiary/aromatic N) is 3. The zero-order valence-electron chi connectivity index (χ0n) is 16.0. The largest absolute Gasteiger partial charge is 0.497 e. The fourth-order valence-electron chi connectivity index (χ4n) is 2.71. The molecular weight excluding hydrogens is 398 g/mol. The van der Waals surface area contributed by atoms with Gasteiger partial charge in [-0.2, -0.15) is 0 Å². The number of methoxy groups -OCH3 is 1. The molecule has 29 heavy (non-hydrogen) atoms. The number of anilines is 1. The Morgan fingerprint density at radius 3 is 2.59 bits per heavy atom. The Balaban J connectivity index is 1.62. The molecule has 1 aromatic heterocycles. The molecule has 1 N–H and O–H groups in total. The second-order valence-corrected chi connectivity index (χ2v) is 7.07. The van der Waals surface area contributed by atoms with Crippen molar-refractivity contribution in [1.82, 2.24) is 14.8 Å². The second kappa shape index (κ2) is 9.51. The Morgan fingerprint density at radius 2 is 1.93 bits per heavy atom. The third kappa shape index (κ3) is 5.32. The number of aromatic nitrogens is 3. The molecule has 0 atom stereocenters. The number of benzene rings is 2. The van der Waals surface area contributed by atoms with Crippen molar-refractivity contribution in [2.75, 3.05) is 18.2 Å². The van der Waals surface area contributed by atoms with E-state index in [9.17, 15) is 13.6 Å². The first-order chi connectivity index (χ1) is 14.0. The van der Waals surface area contributed by atoms with Gasteiger partial charge in [0.15, 0.2) is 5.16 Å². The molecular formula is C20H20F2N4O2S. The standard InChI is InChI=1S/C20H20F2N4O2S/c1-3-26-18(10-13-4-7-15(28-2)8-5-13)24-25-20(26)29-12-19(27)23-17-9-6-14(21)11-16(17)22/h4-9,11H,3,10,12H2,1-2H3,(H,23,27). The number of halogens is 2. The molecule has 0 aliphatic carbocycles. The van der Waals surface area contributed by atoms with E-state index in [2.05, 4.69) is 15.5 Å². The van der Waals surface area contributed by atoms with Gasteiger partial charge in [0.1, 0.15) is 23.2 Å². The molecule has 3 aromatic rings. The quantitative estimate of drug-likeness (QED) is 0.562. The van der Waals surface area contributed by atoms with Crippen LogP contribution in [0.4, 0.5) is 14.5 Å². The smallest absolute Gasteiger partial charge is 0.234 e. The molecule has 0 saturated carbocycles. The van der Waals surface area contributed by atoms with Gasteiger partial charge < -0.3 is 14.6 Å². The fraction of sp³-hybridized carbons (Fsp3) is 0.250. The molecule has 152 valence electrons. The van der Waals surface area contributed by atoms with Gasteiger partial charge in [0.2, 0.25) is 5.91 Å². The van der Waals surface area contributed by atoms with Crippen LogP contribution in [0.15, 0.2) is 47.6 Å². The van der Waals surface area contributed by atoms with Crippen molar-refractivity contribution < 1.29 is 18.3 Å². The van der Waals surface area contributed by atoms with E-state index < -0.39 is 17.5 Å². The van der Waals surface area contributed by atoms with Gasteiger partial charge >= 0.3 is 0 Å². The number of ether oxygens (including phenoxy) is 1. The summed E-state index contributed by atoms with van der Waals surface area (Å²) in [4.78, 5) is 12.1. The minimum absolute atomic E-state index is 0.0253. The molecule has 0 radical (unpaired) electrons. The Kier molecular flexibility index (Phi) is 6.82. The molecule has 0 unspecified atom stereocenters. The maximum absolute atomic E-state index is 13.7. The topological polar surface area (TPSA) is 69.0 Å². The van der Waals surface area contributed by atoms with Gasteiger partial charge in [-0.25, -0.2) is 8.78 Å². The van der Waals surface area contributed by atoms with E-state index in [0.717, 1.165) is 29.3 Å². The van der Waals surface area contributed by atoms with Gasteiger partial charge in [0.25, 0.3) is 0 Å². The van der Waals surface area contributed by atoms with E-state index in [1.807, 2.05) is 35.8 Å². The molecule has 0 aliphatic heterocycles. The first kappa shape index (κ1) is 20.8. The van der Waals surface area contributed by atoms with Crippen LogP contribution < -0.4 is 10.1 Å². The van der Waals surface area contributed by atoms with Crippen LogP contribution in [-0.4, -0.2) is 33.5 Å². The van der Waals surface area contributed by atoms with Crippen molar-refractivity contribution in [2.24, 2.45) is 0 Å². The summed E-state index contributed by atoms with van der Waals surface area (Å²) < 4.78 is 33.7. The van der Waals surface area contributed by atoms with Crippen molar-refractivity contribution in [1.29, 1.82) is 0 Å². The normalized spacial score (nSPS) is 10.8. The molecule has 6 nitrogen and oxygen atoms in total. The Hall–Kier alpha value is -2.94. The lowest BCUT2D eigenvalue weighted by Crippen LogP contribution is -2.15. The number of nitrogens with one attached hydrogen (secondary N) is 1. The van der Waals surface area contributed by atoms with Gasteiger partial charge in [-0.1, -0.05) is 23.9 Å². The van der Waals surface area contributed by atoms with Crippen LogP contribution in [-0.2, 0) is 17.8 Å². The van der Waals surface area contributed by atoms with Crippen LogP contribution in [0.3, 0.4) is 0 Å². The van der Waals surface area contributed by atoms with Crippen molar-refractivity contribution in [3.63, 3.8) is 0 Å². The molecule has 0 bridgehead atoms. The van der Waals surface area contributed by atoms with Crippen LogP contribution >= 0.6 is 11.8 Å². The monoisotopic (exact) mass is 418 g/mol. The van der Waals surface area contributed by atoms with E-state index in [-0.39, 0.29) is 11.4 Å². The number of rotatable bonds is 8. The van der Waals surface area contributed by atoms with E-state index >= 15 is 0 Å². The Bertz CT molecular complexity index is 993. The number of hydrogen-bond donors (Lipinski definition) is 1. The van der Waals surface area contributed by atoms with Crippen LogP contribution in [0.2, 0.25) is 0 Å². The van der Waals surface area contributed by atoms with E-state index in [1.165, 1.54) is 17.8 Å². The number of thioether (sulfide) groups is 1. The third-order valence-corrected chi connectivity index (χ3v) is 5.14. The maximum atomic E-state index is 13.7. The van der Waals surface area contributed by atoms with Crippen molar-refractivity contribution in [2.45, 2.75) is 25.0 Å². The highest BCUT2D eigenvalue weighted by molar-refractivity contribution is 7.99. The summed E-state index contributed by atoms with van der Waals surface area (Å²) in [6.45, 7) is 2.62. The minimum Gasteiger partial charge on any atom is -0.497 e. The van der Waals surface area contributed by atoms with Crippen LogP contribution in [0.5, 0.6) is 5.75 Å². The minimum atomic E-state index is -0.818. The molecule has 0 fully saturated rings. The van der Waals surface area contributed by atoms with E-state index in [1.54, 1.807) is 7.11 Å². The van der Waals surface area contributed by atoms with Gasteiger partial charge in [-0.3, -0.25) is 4.79 Å². The van der Waals surface area contributed by atoms with Gasteiger partial charge in [0.05, 0.1) is 18.6 Å². The number of hydrogen-bond acceptors (Lipinski definition) is 5. The SMILES string of the molecule is CCn1c(Cc2ccc(OC)cc2)nnc1SCC(=O)Nc1ccc(F)cc1F. The van der Waals surface area contributed by atoms with Crippen LogP contribution in [0.25, 0.3) is 0 Å². The summed E-state index contributed by atoms with van der Waals surface area (Å²) in [7, 11) is 1.62. The average Bonchev–Trinajstić information content (AvgIpc) is 3.10. The highest BCUT2D eigenvalue weighted by atomic mass is 32.2. The summed E-state index contributed by atoms with van der Waals surface area (Å²) >= 11 is 1.21. The lowest BCUT2D eigenvalue weighted by Gasteiger charge is -2.09. The van der Waals surface area contributed by atoms with Gasteiger partial charge in [-0.15, -0.1) is 10.2 Å². The molecule has 3 rings (SSSR count). The predicted molar refractivity (Wildman–Crippen MR) is 107 cm³/mol. The summed E-state index contributed by atoms with van der Waals surface area (Å²) in [5.41, 5.74) is 1.00. The summed E-state index contributed by atoms with van der Waals surface area (Å²) in [5.74, 6) is -0.340.